The molecule has 20 heavy (non-hydrogen) atoms. The number of hydrogen-bond acceptors (Lipinski definition) is 2. The molecule has 0 saturated heterocycles. The van der Waals surface area contributed by atoms with Crippen LogP contribution in [0.15, 0.2) is 48.5 Å². The maximum absolute atomic E-state index is 13.4. The second-order valence-corrected chi connectivity index (χ2v) is 4.02. The van der Waals surface area contributed by atoms with Crippen LogP contribution in [0.2, 0.25) is 0 Å². The van der Waals surface area contributed by atoms with E-state index in [0.29, 0.717) is 11.3 Å². The van der Waals surface area contributed by atoms with Gasteiger partial charge >= 0.3 is 6.36 Å². The first-order valence-corrected chi connectivity index (χ1v) is 5.77. The number of nitrogens with one attached hydrogen (secondary N) is 1. The molecule has 1 N–H and O–H groups in total. The van der Waals surface area contributed by atoms with Crippen LogP contribution in [0.4, 0.5) is 23.2 Å². The average molecular weight is 285 g/mol. The van der Waals surface area contributed by atoms with Gasteiger partial charge in [-0.3, -0.25) is 0 Å². The first kappa shape index (κ1) is 14.2. The zero-order valence-corrected chi connectivity index (χ0v) is 10.2. The molecule has 0 saturated carbocycles. The lowest BCUT2D eigenvalue weighted by Gasteiger charge is -2.11. The van der Waals surface area contributed by atoms with Crippen molar-refractivity contribution in [2.75, 3.05) is 5.32 Å². The number of anilines is 1. The first-order valence-electron chi connectivity index (χ1n) is 5.77. The van der Waals surface area contributed by atoms with E-state index in [1.54, 1.807) is 24.3 Å². The summed E-state index contributed by atoms with van der Waals surface area (Å²) in [7, 11) is 0. The lowest BCUT2D eigenvalue weighted by Crippen LogP contribution is -2.17. The number of halogens is 4. The minimum atomic E-state index is -4.73. The molecular formula is C14H11F4NO. The smallest absolute Gasteiger partial charge is 0.406 e. The minimum Gasteiger partial charge on any atom is -0.406 e. The predicted octanol–water partition coefficient (Wildman–Crippen LogP) is 4.34. The molecule has 0 aliphatic heterocycles. The standard InChI is InChI=1S/C14H11F4NO/c15-13-7-2-1-4-10(13)9-19-11-5-3-6-12(8-11)20-14(16,17)18/h1-8,19H,9H2. The molecule has 0 radical (unpaired) electrons. The number of hydrogen-bond donors (Lipinski definition) is 1. The molecule has 0 aliphatic carbocycles. The third-order valence-electron chi connectivity index (χ3n) is 2.51. The van der Waals surface area contributed by atoms with Gasteiger partial charge < -0.3 is 10.1 Å². The number of ether oxygens (including phenoxy) is 1. The first-order chi connectivity index (χ1) is 9.44. The van der Waals surface area contributed by atoms with E-state index < -0.39 is 6.36 Å². The summed E-state index contributed by atoms with van der Waals surface area (Å²) < 4.78 is 53.4. The monoisotopic (exact) mass is 285 g/mol. The van der Waals surface area contributed by atoms with E-state index in [2.05, 4.69) is 10.1 Å². The van der Waals surface area contributed by atoms with Gasteiger partial charge in [0.15, 0.2) is 0 Å². The highest BCUT2D eigenvalue weighted by Gasteiger charge is 2.31. The molecule has 6 heteroatoms. The fourth-order valence-electron chi connectivity index (χ4n) is 1.64. The Labute approximate surface area is 113 Å². The molecule has 0 aliphatic rings. The average Bonchev–Trinajstić information content (AvgIpc) is 2.36. The lowest BCUT2D eigenvalue weighted by atomic mass is 10.2. The molecule has 106 valence electrons. The lowest BCUT2D eigenvalue weighted by molar-refractivity contribution is -0.274. The normalized spacial score (nSPS) is 11.2. The van der Waals surface area contributed by atoms with Gasteiger partial charge in [0.2, 0.25) is 0 Å². The SMILES string of the molecule is Fc1ccccc1CNc1cccc(OC(F)(F)F)c1. The molecule has 2 aromatic rings. The van der Waals surface area contributed by atoms with Crippen molar-refractivity contribution in [1.82, 2.24) is 0 Å². The van der Waals surface area contributed by atoms with Crippen LogP contribution in [0.3, 0.4) is 0 Å². The highest BCUT2D eigenvalue weighted by Crippen LogP contribution is 2.25. The highest BCUT2D eigenvalue weighted by atomic mass is 19.4. The largest absolute Gasteiger partial charge is 0.573 e. The summed E-state index contributed by atoms with van der Waals surface area (Å²) in [5.41, 5.74) is 0.838. The summed E-state index contributed by atoms with van der Waals surface area (Å²) in [6, 6.07) is 11.6. The van der Waals surface area contributed by atoms with Gasteiger partial charge in [0, 0.05) is 23.9 Å². The Morgan fingerprint density at radius 3 is 2.45 bits per heavy atom. The van der Waals surface area contributed by atoms with Crippen LogP contribution in [-0.2, 0) is 6.54 Å². The molecule has 0 spiro atoms. The van der Waals surface area contributed by atoms with Crippen LogP contribution in [0.1, 0.15) is 5.56 Å². The second-order valence-electron chi connectivity index (χ2n) is 4.02. The van der Waals surface area contributed by atoms with E-state index in [4.69, 9.17) is 0 Å². The Kier molecular flexibility index (Phi) is 4.12. The maximum atomic E-state index is 13.4. The van der Waals surface area contributed by atoms with Crippen LogP contribution in [0.25, 0.3) is 0 Å². The number of alkyl halides is 3. The zero-order valence-electron chi connectivity index (χ0n) is 10.2. The predicted molar refractivity (Wildman–Crippen MR) is 66.9 cm³/mol. The van der Waals surface area contributed by atoms with E-state index in [0.717, 1.165) is 0 Å². The van der Waals surface area contributed by atoms with Gasteiger partial charge in [-0.15, -0.1) is 13.2 Å². The summed E-state index contributed by atoms with van der Waals surface area (Å²) >= 11 is 0. The quantitative estimate of drug-likeness (QED) is 0.844. The van der Waals surface area contributed by atoms with Crippen LogP contribution >= 0.6 is 0 Å². The topological polar surface area (TPSA) is 21.3 Å². The third-order valence-corrected chi connectivity index (χ3v) is 2.51. The van der Waals surface area contributed by atoms with Gasteiger partial charge in [0.1, 0.15) is 11.6 Å². The fraction of sp³-hybridized carbons (Fsp3) is 0.143. The summed E-state index contributed by atoms with van der Waals surface area (Å²) in [6.07, 6.45) is -4.73. The van der Waals surface area contributed by atoms with Crippen molar-refractivity contribution >= 4 is 5.69 Å². The Morgan fingerprint density at radius 1 is 1.00 bits per heavy atom. The van der Waals surface area contributed by atoms with E-state index in [9.17, 15) is 17.6 Å². The van der Waals surface area contributed by atoms with Crippen molar-refractivity contribution < 1.29 is 22.3 Å². The van der Waals surface area contributed by atoms with E-state index in [-0.39, 0.29) is 18.1 Å². The summed E-state index contributed by atoms with van der Waals surface area (Å²) in [5, 5.41) is 2.84. The van der Waals surface area contributed by atoms with Crippen molar-refractivity contribution in [3.8, 4) is 5.75 Å². The van der Waals surface area contributed by atoms with E-state index >= 15 is 0 Å². The third kappa shape index (κ3) is 4.15. The molecule has 0 amide bonds. The number of rotatable bonds is 4. The van der Waals surface area contributed by atoms with Gasteiger partial charge in [-0.25, -0.2) is 4.39 Å². The second kappa shape index (κ2) is 5.81. The number of benzene rings is 2. The Hall–Kier alpha value is -2.24. The van der Waals surface area contributed by atoms with Gasteiger partial charge in [-0.2, -0.15) is 0 Å². The van der Waals surface area contributed by atoms with E-state index in [1.807, 2.05) is 0 Å². The van der Waals surface area contributed by atoms with Gasteiger partial charge in [-0.1, -0.05) is 24.3 Å². The fourth-order valence-corrected chi connectivity index (χ4v) is 1.64. The van der Waals surface area contributed by atoms with Crippen LogP contribution in [0, 0.1) is 5.82 Å². The summed E-state index contributed by atoms with van der Waals surface area (Å²) in [6.45, 7) is 0.169. The molecular weight excluding hydrogens is 274 g/mol. The summed E-state index contributed by atoms with van der Waals surface area (Å²) in [4.78, 5) is 0. The van der Waals surface area contributed by atoms with Gasteiger partial charge in [0.25, 0.3) is 0 Å². The molecule has 2 rings (SSSR count). The molecule has 0 unspecified atom stereocenters. The molecule has 0 bridgehead atoms. The Bertz CT molecular complexity index is 583. The Balaban J connectivity index is 2.03. The molecule has 0 aromatic heterocycles. The van der Waals surface area contributed by atoms with Crippen molar-refractivity contribution in [2.45, 2.75) is 12.9 Å². The summed E-state index contributed by atoms with van der Waals surface area (Å²) in [5.74, 6) is -0.696. The highest BCUT2D eigenvalue weighted by molar-refractivity contribution is 5.48. The van der Waals surface area contributed by atoms with Crippen LogP contribution < -0.4 is 10.1 Å². The van der Waals surface area contributed by atoms with Crippen LogP contribution in [0.5, 0.6) is 5.75 Å². The Morgan fingerprint density at radius 2 is 1.75 bits per heavy atom. The van der Waals surface area contributed by atoms with Crippen LogP contribution in [-0.4, -0.2) is 6.36 Å². The minimum absolute atomic E-state index is 0.169. The molecule has 0 heterocycles. The van der Waals surface area contributed by atoms with E-state index in [1.165, 1.54) is 24.3 Å². The zero-order chi connectivity index (χ0) is 14.6. The van der Waals surface area contributed by atoms with Gasteiger partial charge in [0.05, 0.1) is 0 Å². The molecule has 0 atom stereocenters. The van der Waals surface area contributed by atoms with Crippen molar-refractivity contribution in [1.29, 1.82) is 0 Å². The van der Waals surface area contributed by atoms with Crippen molar-refractivity contribution in [3.63, 3.8) is 0 Å². The molecule has 2 nitrogen and oxygen atoms in total. The molecule has 2 aromatic carbocycles. The van der Waals surface area contributed by atoms with Crippen molar-refractivity contribution in [2.24, 2.45) is 0 Å². The molecule has 0 fully saturated rings. The van der Waals surface area contributed by atoms with Crippen molar-refractivity contribution in [3.05, 3.63) is 59.9 Å². The van der Waals surface area contributed by atoms with Gasteiger partial charge in [-0.05, 0) is 18.2 Å². The maximum Gasteiger partial charge on any atom is 0.573 e.